The van der Waals surface area contributed by atoms with Crippen molar-refractivity contribution in [3.63, 3.8) is 0 Å². The summed E-state index contributed by atoms with van der Waals surface area (Å²) in [6.45, 7) is 2.69. The Bertz CT molecular complexity index is 570. The van der Waals surface area contributed by atoms with Crippen LogP contribution in [-0.4, -0.2) is 38.9 Å². The van der Waals surface area contributed by atoms with Crippen molar-refractivity contribution in [1.82, 2.24) is 0 Å². The maximum Gasteiger partial charge on any atom is 0.330 e. The molecule has 7 nitrogen and oxygen atoms in total. The highest BCUT2D eigenvalue weighted by molar-refractivity contribution is 5.81. The molecular formula is C17H23N3O4. The van der Waals surface area contributed by atoms with Gasteiger partial charge in [0.15, 0.2) is 0 Å². The zero-order valence-corrected chi connectivity index (χ0v) is 14.2. The molecule has 0 bridgehead atoms. The molecule has 1 rings (SSSR count). The second-order valence-corrected chi connectivity index (χ2v) is 5.21. The molecule has 7 heteroatoms. The summed E-state index contributed by atoms with van der Waals surface area (Å²) in [5, 5.41) is 3.72. The minimum absolute atomic E-state index is 0.178. The molecule has 0 radical (unpaired) electrons. The Hall–Kier alpha value is -2.34. The lowest BCUT2D eigenvalue weighted by molar-refractivity contribution is -0.134. The van der Waals surface area contributed by atoms with Gasteiger partial charge in [0.25, 0.3) is 0 Å². The maximum atomic E-state index is 11.2. The van der Waals surface area contributed by atoms with Crippen molar-refractivity contribution in [3.8, 4) is 0 Å². The van der Waals surface area contributed by atoms with Crippen LogP contribution in [0.2, 0.25) is 0 Å². The molecule has 0 aliphatic rings. The van der Waals surface area contributed by atoms with E-state index < -0.39 is 12.0 Å². The van der Waals surface area contributed by atoms with E-state index in [1.54, 1.807) is 7.11 Å². The fraction of sp³-hybridized carbons (Fsp3) is 0.471. The highest BCUT2D eigenvalue weighted by atomic mass is 16.5. The van der Waals surface area contributed by atoms with Crippen molar-refractivity contribution in [2.75, 3.05) is 20.8 Å². The molecule has 0 aromatic heterocycles. The normalized spacial score (nSPS) is 14.6. The van der Waals surface area contributed by atoms with Crippen LogP contribution in [0.1, 0.15) is 12.5 Å². The average Bonchev–Trinajstić information content (AvgIpc) is 2.62. The number of esters is 1. The third kappa shape index (κ3) is 6.83. The number of hydrogen-bond donors (Lipinski definition) is 0. The van der Waals surface area contributed by atoms with Gasteiger partial charge in [0.05, 0.1) is 32.5 Å². The third-order valence-electron chi connectivity index (χ3n) is 3.64. The summed E-state index contributed by atoms with van der Waals surface area (Å²) in [6.07, 6.45) is 2.47. The Morgan fingerprint density at radius 2 is 2.04 bits per heavy atom. The summed E-state index contributed by atoms with van der Waals surface area (Å²) in [6, 6.07) is 9.26. The van der Waals surface area contributed by atoms with Crippen molar-refractivity contribution in [2.45, 2.75) is 25.7 Å². The molecule has 24 heavy (non-hydrogen) atoms. The molecule has 0 N–H and O–H groups in total. The minimum Gasteiger partial charge on any atom is -0.466 e. The van der Waals surface area contributed by atoms with E-state index >= 15 is 0 Å². The van der Waals surface area contributed by atoms with Gasteiger partial charge in [0.1, 0.15) is 0 Å². The molecule has 0 saturated carbocycles. The Balaban J connectivity index is 2.63. The number of carbonyl (C=O) groups is 1. The van der Waals surface area contributed by atoms with Gasteiger partial charge in [-0.15, -0.1) is 0 Å². The number of hydrogen-bond acceptors (Lipinski definition) is 5. The number of azide groups is 1. The standard InChI is InChI=1S/C17H23N3O4/c1-13(15(19-20-18)9-10-17(21)23-3)16(22-2)12-24-11-14-7-5-4-6-8-14/h4-10,13,15-16H,11-12H2,1-3H3/b10-9+/t13-,15+,16-/m0/s1. The number of ether oxygens (including phenoxy) is 3. The Labute approximate surface area is 141 Å². The third-order valence-corrected chi connectivity index (χ3v) is 3.64. The smallest absolute Gasteiger partial charge is 0.330 e. The molecular weight excluding hydrogens is 310 g/mol. The summed E-state index contributed by atoms with van der Waals surface area (Å²) in [7, 11) is 2.86. The number of benzene rings is 1. The first-order valence-corrected chi connectivity index (χ1v) is 7.57. The van der Waals surface area contributed by atoms with E-state index in [1.165, 1.54) is 19.3 Å². The molecule has 0 fully saturated rings. The largest absolute Gasteiger partial charge is 0.466 e. The molecule has 0 aliphatic carbocycles. The quantitative estimate of drug-likeness (QED) is 0.216. The van der Waals surface area contributed by atoms with E-state index in [0.29, 0.717) is 13.2 Å². The fourth-order valence-electron chi connectivity index (χ4n) is 2.15. The van der Waals surface area contributed by atoms with Gasteiger partial charge in [-0.05, 0) is 17.0 Å². The second-order valence-electron chi connectivity index (χ2n) is 5.21. The number of rotatable bonds is 10. The van der Waals surface area contributed by atoms with Crippen LogP contribution >= 0.6 is 0 Å². The molecule has 0 heterocycles. The molecule has 1 aromatic carbocycles. The van der Waals surface area contributed by atoms with E-state index in [4.69, 9.17) is 15.0 Å². The SMILES string of the molecule is COC(=O)/C=C/[C@@H](N=[N+]=[N-])[C@H](C)[C@H](COCc1ccccc1)OC. The Morgan fingerprint density at radius 1 is 1.33 bits per heavy atom. The van der Waals surface area contributed by atoms with Crippen molar-refractivity contribution in [1.29, 1.82) is 0 Å². The van der Waals surface area contributed by atoms with Crippen LogP contribution in [0.4, 0.5) is 0 Å². The zero-order chi connectivity index (χ0) is 17.8. The van der Waals surface area contributed by atoms with E-state index in [2.05, 4.69) is 14.8 Å². The summed E-state index contributed by atoms with van der Waals surface area (Å²) in [5.41, 5.74) is 9.79. The molecule has 0 unspecified atom stereocenters. The van der Waals surface area contributed by atoms with Gasteiger partial charge < -0.3 is 14.2 Å². The molecule has 3 atom stereocenters. The van der Waals surface area contributed by atoms with E-state index in [0.717, 1.165) is 5.56 Å². The molecule has 0 amide bonds. The first kappa shape index (κ1) is 19.7. The van der Waals surface area contributed by atoms with Gasteiger partial charge in [-0.3, -0.25) is 0 Å². The van der Waals surface area contributed by atoms with E-state index in [-0.39, 0.29) is 12.0 Å². The predicted octanol–water partition coefficient (Wildman–Crippen LogP) is 3.26. The Morgan fingerprint density at radius 3 is 2.62 bits per heavy atom. The fourth-order valence-corrected chi connectivity index (χ4v) is 2.15. The average molecular weight is 333 g/mol. The Kier molecular flexibility index (Phi) is 9.23. The number of nitrogens with zero attached hydrogens (tertiary/aromatic N) is 3. The van der Waals surface area contributed by atoms with E-state index in [1.807, 2.05) is 37.3 Å². The highest BCUT2D eigenvalue weighted by Crippen LogP contribution is 2.18. The number of carbonyl (C=O) groups excluding carboxylic acids is 1. The van der Waals surface area contributed by atoms with Crippen molar-refractivity contribution in [2.24, 2.45) is 11.0 Å². The van der Waals surface area contributed by atoms with Gasteiger partial charge in [0.2, 0.25) is 0 Å². The molecule has 1 aromatic rings. The van der Waals surface area contributed by atoms with Crippen LogP contribution < -0.4 is 0 Å². The van der Waals surface area contributed by atoms with Gasteiger partial charge in [-0.2, -0.15) is 0 Å². The van der Waals surface area contributed by atoms with E-state index in [9.17, 15) is 4.79 Å². The minimum atomic E-state index is -0.542. The van der Waals surface area contributed by atoms with Crippen LogP contribution in [0.5, 0.6) is 0 Å². The van der Waals surface area contributed by atoms with Gasteiger partial charge in [0, 0.05) is 18.1 Å². The highest BCUT2D eigenvalue weighted by Gasteiger charge is 2.24. The van der Waals surface area contributed by atoms with Gasteiger partial charge >= 0.3 is 5.97 Å². The molecule has 0 aliphatic heterocycles. The van der Waals surface area contributed by atoms with Crippen molar-refractivity contribution >= 4 is 5.97 Å². The van der Waals surface area contributed by atoms with Crippen LogP contribution in [0.3, 0.4) is 0 Å². The lowest BCUT2D eigenvalue weighted by Gasteiger charge is -2.25. The predicted molar refractivity (Wildman–Crippen MR) is 90.1 cm³/mol. The monoisotopic (exact) mass is 333 g/mol. The summed E-state index contributed by atoms with van der Waals surface area (Å²) >= 11 is 0. The molecule has 0 spiro atoms. The summed E-state index contributed by atoms with van der Waals surface area (Å²) < 4.78 is 15.7. The van der Waals surface area contributed by atoms with Crippen LogP contribution in [0.25, 0.3) is 10.4 Å². The first-order chi connectivity index (χ1) is 11.6. The zero-order valence-electron chi connectivity index (χ0n) is 14.2. The first-order valence-electron chi connectivity index (χ1n) is 7.57. The summed E-state index contributed by atoms with van der Waals surface area (Å²) in [4.78, 5) is 14.0. The molecule has 130 valence electrons. The van der Waals surface area contributed by atoms with Crippen LogP contribution in [0.15, 0.2) is 47.6 Å². The summed E-state index contributed by atoms with van der Waals surface area (Å²) in [5.74, 6) is -0.683. The topological polar surface area (TPSA) is 93.5 Å². The van der Waals surface area contributed by atoms with Gasteiger partial charge in [-0.1, -0.05) is 48.4 Å². The van der Waals surface area contributed by atoms with Gasteiger partial charge in [-0.25, -0.2) is 4.79 Å². The molecule has 0 saturated heterocycles. The maximum absolute atomic E-state index is 11.2. The van der Waals surface area contributed by atoms with Crippen LogP contribution in [0, 0.1) is 5.92 Å². The second kappa shape index (κ2) is 11.2. The lowest BCUT2D eigenvalue weighted by Crippen LogP contribution is -2.32. The number of methoxy groups -OCH3 is 2. The van der Waals surface area contributed by atoms with Crippen molar-refractivity contribution in [3.05, 3.63) is 58.5 Å². The lowest BCUT2D eigenvalue weighted by atomic mass is 9.96. The van der Waals surface area contributed by atoms with Crippen LogP contribution in [-0.2, 0) is 25.6 Å². The van der Waals surface area contributed by atoms with Crippen molar-refractivity contribution < 1.29 is 19.0 Å².